The number of halogens is 1. The summed E-state index contributed by atoms with van der Waals surface area (Å²) in [6, 6.07) is 2.66. The Morgan fingerprint density at radius 1 is 1.47 bits per heavy atom. The molecule has 2 fully saturated rings. The first-order valence-electron chi connectivity index (χ1n) is 5.97. The zero-order valence-corrected chi connectivity index (χ0v) is 12.0. The number of carbonyl (C=O) groups is 1. The lowest BCUT2D eigenvalue weighted by atomic mass is 10.1. The molecule has 2 aliphatic heterocycles. The van der Waals surface area contributed by atoms with Crippen LogP contribution in [0.5, 0.6) is 0 Å². The molecular weight excluding hydrogens is 300 g/mol. The minimum Gasteiger partial charge on any atom is -0.337 e. The minimum absolute atomic E-state index is 0.355. The molecule has 92 valence electrons. The monoisotopic (exact) mass is 314 g/mol. The second-order valence-corrected chi connectivity index (χ2v) is 6.66. The van der Waals surface area contributed by atoms with E-state index < -0.39 is 0 Å². The van der Waals surface area contributed by atoms with Crippen LogP contribution in [-0.2, 0) is 11.3 Å². The number of amides is 1. The number of hydrogen-bond donors (Lipinski definition) is 0. The van der Waals surface area contributed by atoms with Crippen molar-refractivity contribution in [2.75, 3.05) is 19.6 Å². The minimum atomic E-state index is 0.355. The molecular formula is C12H15BrN2OS. The number of rotatable bonds is 2. The molecule has 1 aromatic rings. The highest BCUT2D eigenvalue weighted by Gasteiger charge is 2.35. The molecule has 0 aromatic carbocycles. The maximum Gasteiger partial charge on any atom is 0.222 e. The zero-order valence-electron chi connectivity index (χ0n) is 9.56. The molecule has 3 rings (SSSR count). The molecule has 17 heavy (non-hydrogen) atoms. The van der Waals surface area contributed by atoms with Gasteiger partial charge in [-0.1, -0.05) is 0 Å². The summed E-state index contributed by atoms with van der Waals surface area (Å²) in [5.41, 5.74) is 0. The highest BCUT2D eigenvalue weighted by atomic mass is 79.9. The number of hydrogen-bond acceptors (Lipinski definition) is 3. The molecule has 3 nitrogen and oxygen atoms in total. The number of carbonyl (C=O) groups excluding carboxylic acids is 1. The van der Waals surface area contributed by atoms with E-state index in [0.29, 0.717) is 11.9 Å². The van der Waals surface area contributed by atoms with Crippen molar-refractivity contribution in [2.45, 2.75) is 25.4 Å². The number of nitrogens with zero attached hydrogens (tertiary/aromatic N) is 2. The van der Waals surface area contributed by atoms with Crippen molar-refractivity contribution in [3.8, 4) is 0 Å². The van der Waals surface area contributed by atoms with Crippen LogP contribution in [0.15, 0.2) is 15.9 Å². The van der Waals surface area contributed by atoms with Crippen molar-refractivity contribution >= 4 is 33.2 Å². The first-order valence-corrected chi connectivity index (χ1v) is 7.64. The summed E-state index contributed by atoms with van der Waals surface area (Å²) < 4.78 is 1.17. The molecule has 1 atom stereocenters. The molecule has 0 saturated carbocycles. The summed E-state index contributed by atoms with van der Waals surface area (Å²) in [6.07, 6.45) is 1.80. The van der Waals surface area contributed by atoms with Gasteiger partial charge in [0.05, 0.1) is 0 Å². The van der Waals surface area contributed by atoms with Crippen LogP contribution >= 0.6 is 27.3 Å². The lowest BCUT2D eigenvalue weighted by molar-refractivity contribution is -0.130. The van der Waals surface area contributed by atoms with Gasteiger partial charge in [0.15, 0.2) is 0 Å². The van der Waals surface area contributed by atoms with Crippen LogP contribution in [0.25, 0.3) is 0 Å². The summed E-state index contributed by atoms with van der Waals surface area (Å²) in [6.45, 7) is 3.99. The van der Waals surface area contributed by atoms with Gasteiger partial charge >= 0.3 is 0 Å². The van der Waals surface area contributed by atoms with E-state index in [-0.39, 0.29) is 0 Å². The van der Waals surface area contributed by atoms with E-state index in [9.17, 15) is 4.79 Å². The van der Waals surface area contributed by atoms with Gasteiger partial charge in [-0.2, -0.15) is 0 Å². The highest BCUT2D eigenvalue weighted by molar-refractivity contribution is 9.10. The molecule has 0 bridgehead atoms. The van der Waals surface area contributed by atoms with Gasteiger partial charge in [-0.25, -0.2) is 0 Å². The normalized spacial score (nSPS) is 25.4. The molecule has 0 aliphatic carbocycles. The number of thiophene rings is 1. The van der Waals surface area contributed by atoms with Crippen molar-refractivity contribution in [3.05, 3.63) is 20.8 Å². The van der Waals surface area contributed by atoms with E-state index >= 15 is 0 Å². The fourth-order valence-corrected chi connectivity index (χ4v) is 4.22. The third-order valence-corrected chi connectivity index (χ3v) is 5.26. The van der Waals surface area contributed by atoms with Crippen molar-refractivity contribution in [2.24, 2.45) is 0 Å². The Hall–Kier alpha value is -0.390. The lowest BCUT2D eigenvalue weighted by Gasteiger charge is -2.37. The van der Waals surface area contributed by atoms with E-state index in [2.05, 4.69) is 37.2 Å². The largest absolute Gasteiger partial charge is 0.337 e. The van der Waals surface area contributed by atoms with Crippen LogP contribution < -0.4 is 0 Å². The molecule has 2 aliphatic rings. The van der Waals surface area contributed by atoms with Gasteiger partial charge in [0.1, 0.15) is 0 Å². The third-order valence-electron chi connectivity index (χ3n) is 3.58. The average molecular weight is 315 g/mol. The van der Waals surface area contributed by atoms with Gasteiger partial charge in [0.2, 0.25) is 5.91 Å². The molecule has 0 spiro atoms. The van der Waals surface area contributed by atoms with Crippen LogP contribution in [-0.4, -0.2) is 41.4 Å². The van der Waals surface area contributed by atoms with E-state index in [1.54, 1.807) is 11.3 Å². The van der Waals surface area contributed by atoms with Gasteiger partial charge < -0.3 is 4.90 Å². The number of fused-ring (bicyclic) bond motifs is 1. The van der Waals surface area contributed by atoms with Crippen LogP contribution in [0, 0.1) is 0 Å². The first kappa shape index (κ1) is 11.7. The van der Waals surface area contributed by atoms with Gasteiger partial charge in [0, 0.05) is 53.4 Å². The van der Waals surface area contributed by atoms with Crippen LogP contribution in [0.3, 0.4) is 0 Å². The quantitative estimate of drug-likeness (QED) is 0.836. The lowest BCUT2D eigenvalue weighted by Crippen LogP contribution is -2.50. The Kier molecular flexibility index (Phi) is 3.23. The van der Waals surface area contributed by atoms with Crippen molar-refractivity contribution in [3.63, 3.8) is 0 Å². The molecule has 2 saturated heterocycles. The smallest absolute Gasteiger partial charge is 0.222 e. The molecule has 1 amide bonds. The third kappa shape index (κ3) is 2.41. The standard InChI is InChI=1S/C12H15BrN2OS/c13-9-5-11(17-8-9)7-14-3-4-15-10(6-14)1-2-12(15)16/h5,8,10H,1-4,6-7H2. The topological polar surface area (TPSA) is 23.6 Å². The Labute approximate surface area is 114 Å². The van der Waals surface area contributed by atoms with E-state index in [1.807, 2.05) is 0 Å². The summed E-state index contributed by atoms with van der Waals surface area (Å²) in [7, 11) is 0. The maximum absolute atomic E-state index is 11.6. The Balaban J connectivity index is 1.62. The van der Waals surface area contributed by atoms with E-state index in [1.165, 1.54) is 9.35 Å². The Morgan fingerprint density at radius 3 is 3.12 bits per heavy atom. The first-order chi connectivity index (χ1) is 8.22. The Bertz CT molecular complexity index is 434. The maximum atomic E-state index is 11.6. The number of piperazine rings is 1. The fourth-order valence-electron chi connectivity index (χ4n) is 2.73. The van der Waals surface area contributed by atoms with Crippen LogP contribution in [0.4, 0.5) is 0 Å². The zero-order chi connectivity index (χ0) is 11.8. The second-order valence-electron chi connectivity index (χ2n) is 4.75. The molecule has 0 N–H and O–H groups in total. The van der Waals surface area contributed by atoms with Crippen LogP contribution in [0.1, 0.15) is 17.7 Å². The predicted molar refractivity (Wildman–Crippen MR) is 72.0 cm³/mol. The van der Waals surface area contributed by atoms with Gasteiger partial charge in [0.25, 0.3) is 0 Å². The van der Waals surface area contributed by atoms with Gasteiger partial charge in [-0.05, 0) is 28.4 Å². The molecule has 1 unspecified atom stereocenters. The van der Waals surface area contributed by atoms with E-state index in [0.717, 1.165) is 39.0 Å². The van der Waals surface area contributed by atoms with Gasteiger partial charge in [-0.3, -0.25) is 9.69 Å². The van der Waals surface area contributed by atoms with Crippen molar-refractivity contribution in [1.29, 1.82) is 0 Å². The summed E-state index contributed by atoms with van der Waals surface area (Å²) in [4.78, 5) is 17.5. The summed E-state index contributed by atoms with van der Waals surface area (Å²) in [5.74, 6) is 0.355. The van der Waals surface area contributed by atoms with Crippen molar-refractivity contribution < 1.29 is 4.79 Å². The van der Waals surface area contributed by atoms with Crippen LogP contribution in [0.2, 0.25) is 0 Å². The molecule has 0 radical (unpaired) electrons. The Morgan fingerprint density at radius 2 is 2.35 bits per heavy atom. The highest BCUT2D eigenvalue weighted by Crippen LogP contribution is 2.26. The predicted octanol–water partition coefficient (Wildman–Crippen LogP) is 2.32. The second kappa shape index (κ2) is 4.71. The summed E-state index contributed by atoms with van der Waals surface area (Å²) >= 11 is 5.29. The molecule has 1 aromatic heterocycles. The summed E-state index contributed by atoms with van der Waals surface area (Å²) in [5, 5.41) is 2.13. The van der Waals surface area contributed by atoms with E-state index in [4.69, 9.17) is 0 Å². The van der Waals surface area contributed by atoms with Gasteiger partial charge in [-0.15, -0.1) is 11.3 Å². The fraction of sp³-hybridized carbons (Fsp3) is 0.583. The average Bonchev–Trinajstić information content (AvgIpc) is 2.87. The SMILES string of the molecule is O=C1CCC2CN(Cc3cc(Br)cs3)CCN12. The molecule has 3 heterocycles. The van der Waals surface area contributed by atoms with Crippen molar-refractivity contribution in [1.82, 2.24) is 9.80 Å². The molecule has 5 heteroatoms.